The summed E-state index contributed by atoms with van der Waals surface area (Å²) in [5, 5.41) is 14.7. The van der Waals surface area contributed by atoms with Gasteiger partial charge in [-0.15, -0.1) is 0 Å². The molecule has 2 N–H and O–H groups in total. The van der Waals surface area contributed by atoms with Gasteiger partial charge in [-0.25, -0.2) is 0 Å². The van der Waals surface area contributed by atoms with Crippen molar-refractivity contribution in [2.24, 2.45) is 5.92 Å². The van der Waals surface area contributed by atoms with Crippen molar-refractivity contribution in [3.63, 3.8) is 0 Å². The number of anilines is 1. The fourth-order valence-electron chi connectivity index (χ4n) is 1.55. The normalized spacial score (nSPS) is 13.8. The van der Waals surface area contributed by atoms with E-state index in [0.717, 1.165) is 18.5 Å². The number of benzene rings is 1. The first kappa shape index (κ1) is 11.5. The lowest BCUT2D eigenvalue weighted by Gasteiger charge is -2.07. The van der Waals surface area contributed by atoms with Crippen LogP contribution in [0.4, 0.5) is 5.69 Å². The summed E-state index contributed by atoms with van der Waals surface area (Å²) in [5.41, 5.74) is 1.61. The van der Waals surface area contributed by atoms with Gasteiger partial charge in [0.05, 0.1) is 11.6 Å². The van der Waals surface area contributed by atoms with E-state index < -0.39 is 0 Å². The Labute approximate surface area is 101 Å². The van der Waals surface area contributed by atoms with Crippen LogP contribution >= 0.6 is 0 Å². The van der Waals surface area contributed by atoms with Gasteiger partial charge in [0.15, 0.2) is 0 Å². The van der Waals surface area contributed by atoms with Crippen LogP contribution in [0.5, 0.6) is 0 Å². The summed E-state index contributed by atoms with van der Waals surface area (Å²) in [6, 6.07) is 9.33. The molecule has 1 saturated carbocycles. The second-order valence-electron chi connectivity index (χ2n) is 4.18. The van der Waals surface area contributed by atoms with Gasteiger partial charge in [0, 0.05) is 24.7 Å². The van der Waals surface area contributed by atoms with E-state index in [2.05, 4.69) is 16.7 Å². The van der Waals surface area contributed by atoms with Gasteiger partial charge in [-0.1, -0.05) is 0 Å². The second kappa shape index (κ2) is 5.35. The Hall–Kier alpha value is -2.02. The molecule has 0 saturated heterocycles. The second-order valence-corrected chi connectivity index (χ2v) is 4.18. The zero-order valence-corrected chi connectivity index (χ0v) is 9.57. The highest BCUT2D eigenvalue weighted by atomic mass is 16.2. The van der Waals surface area contributed by atoms with Gasteiger partial charge in [-0.05, 0) is 37.1 Å². The highest BCUT2D eigenvalue weighted by molar-refractivity contribution is 5.80. The van der Waals surface area contributed by atoms with E-state index in [-0.39, 0.29) is 11.8 Å². The minimum absolute atomic E-state index is 0.173. The molecule has 0 bridgehead atoms. The first-order valence-electron chi connectivity index (χ1n) is 5.81. The van der Waals surface area contributed by atoms with Crippen molar-refractivity contribution in [1.82, 2.24) is 5.32 Å². The van der Waals surface area contributed by atoms with Crippen LogP contribution in [-0.4, -0.2) is 19.0 Å². The number of amides is 1. The Morgan fingerprint density at radius 2 is 2.00 bits per heavy atom. The predicted octanol–water partition coefficient (Wildman–Crippen LogP) is 1.50. The number of carbonyl (C=O) groups excluding carboxylic acids is 1. The third kappa shape index (κ3) is 3.49. The van der Waals surface area contributed by atoms with Gasteiger partial charge in [-0.2, -0.15) is 5.26 Å². The van der Waals surface area contributed by atoms with Crippen LogP contribution in [0.15, 0.2) is 24.3 Å². The molecule has 0 heterocycles. The molecule has 0 spiro atoms. The van der Waals surface area contributed by atoms with Gasteiger partial charge in [0.25, 0.3) is 0 Å². The molecule has 0 aromatic heterocycles. The van der Waals surface area contributed by atoms with Crippen molar-refractivity contribution in [3.05, 3.63) is 29.8 Å². The highest BCUT2D eigenvalue weighted by Gasteiger charge is 2.28. The molecule has 2 rings (SSSR count). The van der Waals surface area contributed by atoms with Crippen molar-refractivity contribution in [3.8, 4) is 6.07 Å². The largest absolute Gasteiger partial charge is 0.383 e. The standard InChI is InChI=1S/C13H15N3O/c14-9-10-1-5-12(6-2-10)15-7-8-16-13(17)11-3-4-11/h1-2,5-6,11,15H,3-4,7-8H2,(H,16,17). The fourth-order valence-corrected chi connectivity index (χ4v) is 1.55. The van der Waals surface area contributed by atoms with Crippen molar-refractivity contribution < 1.29 is 4.79 Å². The lowest BCUT2D eigenvalue weighted by Crippen LogP contribution is -2.29. The van der Waals surface area contributed by atoms with E-state index in [1.165, 1.54) is 0 Å². The molecule has 4 heteroatoms. The highest BCUT2D eigenvalue weighted by Crippen LogP contribution is 2.28. The fraction of sp³-hybridized carbons (Fsp3) is 0.385. The molecule has 1 amide bonds. The number of hydrogen-bond acceptors (Lipinski definition) is 3. The Morgan fingerprint density at radius 1 is 1.29 bits per heavy atom. The summed E-state index contributed by atoms with van der Waals surface area (Å²) in [5.74, 6) is 0.441. The maximum absolute atomic E-state index is 11.3. The lowest BCUT2D eigenvalue weighted by atomic mass is 10.2. The van der Waals surface area contributed by atoms with Gasteiger partial charge >= 0.3 is 0 Å². The van der Waals surface area contributed by atoms with Crippen molar-refractivity contribution in [1.29, 1.82) is 5.26 Å². The molecule has 88 valence electrons. The quantitative estimate of drug-likeness (QED) is 0.752. The van der Waals surface area contributed by atoms with E-state index in [1.54, 1.807) is 12.1 Å². The van der Waals surface area contributed by atoms with Gasteiger partial charge < -0.3 is 10.6 Å². The van der Waals surface area contributed by atoms with Gasteiger partial charge in [0.2, 0.25) is 5.91 Å². The zero-order valence-electron chi connectivity index (χ0n) is 9.57. The van der Waals surface area contributed by atoms with Crippen LogP contribution in [-0.2, 0) is 4.79 Å². The SMILES string of the molecule is N#Cc1ccc(NCCNC(=O)C2CC2)cc1. The van der Waals surface area contributed by atoms with E-state index >= 15 is 0 Å². The topological polar surface area (TPSA) is 64.9 Å². The van der Waals surface area contributed by atoms with Crippen LogP contribution < -0.4 is 10.6 Å². The Balaban J connectivity index is 1.67. The van der Waals surface area contributed by atoms with Gasteiger partial charge in [0.1, 0.15) is 0 Å². The molecule has 0 atom stereocenters. The van der Waals surface area contributed by atoms with Crippen molar-refractivity contribution in [2.75, 3.05) is 18.4 Å². The summed E-state index contributed by atoms with van der Waals surface area (Å²) in [4.78, 5) is 11.3. The third-order valence-corrected chi connectivity index (χ3v) is 2.72. The monoisotopic (exact) mass is 229 g/mol. The maximum Gasteiger partial charge on any atom is 0.223 e. The number of nitrogens with zero attached hydrogens (tertiary/aromatic N) is 1. The van der Waals surface area contributed by atoms with Crippen LogP contribution in [0.3, 0.4) is 0 Å². The summed E-state index contributed by atoms with van der Waals surface area (Å²) in [6.07, 6.45) is 2.07. The minimum atomic E-state index is 0.173. The zero-order chi connectivity index (χ0) is 12.1. The smallest absolute Gasteiger partial charge is 0.223 e. The number of nitriles is 1. The van der Waals surface area contributed by atoms with Crippen LogP contribution in [0.1, 0.15) is 18.4 Å². The molecule has 1 aliphatic rings. The van der Waals surface area contributed by atoms with Gasteiger partial charge in [-0.3, -0.25) is 4.79 Å². The lowest BCUT2D eigenvalue weighted by molar-refractivity contribution is -0.122. The number of rotatable bonds is 5. The average Bonchev–Trinajstić information content (AvgIpc) is 3.19. The molecular weight excluding hydrogens is 214 g/mol. The van der Waals surface area contributed by atoms with E-state index in [1.807, 2.05) is 12.1 Å². The van der Waals surface area contributed by atoms with Crippen molar-refractivity contribution in [2.45, 2.75) is 12.8 Å². The molecule has 0 unspecified atom stereocenters. The number of hydrogen-bond donors (Lipinski definition) is 2. The Morgan fingerprint density at radius 3 is 2.59 bits per heavy atom. The molecule has 1 aromatic rings. The van der Waals surface area contributed by atoms with Crippen LogP contribution in [0.25, 0.3) is 0 Å². The molecule has 1 aromatic carbocycles. The molecule has 0 aliphatic heterocycles. The summed E-state index contributed by atoms with van der Waals surface area (Å²) < 4.78 is 0. The van der Waals surface area contributed by atoms with E-state index in [9.17, 15) is 4.79 Å². The Kier molecular flexibility index (Phi) is 3.61. The van der Waals surface area contributed by atoms with Crippen LogP contribution in [0, 0.1) is 17.2 Å². The molecule has 1 aliphatic carbocycles. The first-order valence-corrected chi connectivity index (χ1v) is 5.81. The summed E-state index contributed by atoms with van der Waals surface area (Å²) in [7, 11) is 0. The Bertz CT molecular complexity index is 429. The van der Waals surface area contributed by atoms with Crippen LogP contribution in [0.2, 0.25) is 0 Å². The molecule has 17 heavy (non-hydrogen) atoms. The predicted molar refractivity (Wildman–Crippen MR) is 65.4 cm³/mol. The van der Waals surface area contributed by atoms with E-state index in [0.29, 0.717) is 18.7 Å². The summed E-state index contributed by atoms with van der Waals surface area (Å²) in [6.45, 7) is 1.33. The minimum Gasteiger partial charge on any atom is -0.383 e. The molecule has 0 radical (unpaired) electrons. The molecular formula is C13H15N3O. The van der Waals surface area contributed by atoms with E-state index in [4.69, 9.17) is 5.26 Å². The number of nitrogens with one attached hydrogen (secondary N) is 2. The van der Waals surface area contributed by atoms with Crippen molar-refractivity contribution >= 4 is 11.6 Å². The average molecular weight is 229 g/mol. The summed E-state index contributed by atoms with van der Waals surface area (Å²) >= 11 is 0. The third-order valence-electron chi connectivity index (χ3n) is 2.72. The first-order chi connectivity index (χ1) is 8.29. The molecule has 1 fully saturated rings. The molecule has 4 nitrogen and oxygen atoms in total. The number of carbonyl (C=O) groups is 1. The maximum atomic E-state index is 11.3.